The number of likely N-dealkylation sites (N-methyl/N-ethyl adjacent to an activating group) is 1. The summed E-state index contributed by atoms with van der Waals surface area (Å²) in [5, 5.41) is 3.26. The lowest BCUT2D eigenvalue weighted by atomic mass is 9.97. The van der Waals surface area contributed by atoms with Crippen LogP contribution in [0.15, 0.2) is 53.0 Å². The van der Waals surface area contributed by atoms with E-state index < -0.39 is 0 Å². The van der Waals surface area contributed by atoms with E-state index in [1.165, 1.54) is 0 Å². The summed E-state index contributed by atoms with van der Waals surface area (Å²) in [6, 6.07) is 14.4. The van der Waals surface area contributed by atoms with Crippen LogP contribution in [0.1, 0.15) is 32.7 Å². The standard InChI is InChI=1S/C19H19BrN2O2/c1-22(15-10-11-21-12-15)19(24)17-5-3-2-4-16(17)18(23)13-6-8-14(20)9-7-13/h2-9,15,21H,10-12H2,1H3. The lowest BCUT2D eigenvalue weighted by molar-refractivity contribution is 0.0739. The number of carbonyl (C=O) groups excluding carboxylic acids is 2. The fraction of sp³-hybridized carbons (Fsp3) is 0.263. The zero-order valence-electron chi connectivity index (χ0n) is 13.5. The van der Waals surface area contributed by atoms with E-state index in [2.05, 4.69) is 21.2 Å². The Morgan fingerprint density at radius 2 is 1.75 bits per heavy atom. The second kappa shape index (κ2) is 7.28. The largest absolute Gasteiger partial charge is 0.337 e. The molecule has 1 aliphatic heterocycles. The molecule has 1 fully saturated rings. The van der Waals surface area contributed by atoms with Crippen molar-refractivity contribution in [3.8, 4) is 0 Å². The van der Waals surface area contributed by atoms with Crippen molar-refractivity contribution >= 4 is 27.6 Å². The average molecular weight is 387 g/mol. The highest BCUT2D eigenvalue weighted by Crippen LogP contribution is 2.20. The highest BCUT2D eigenvalue weighted by Gasteiger charge is 2.26. The Bertz CT molecular complexity index is 752. The predicted molar refractivity (Wildman–Crippen MR) is 97.4 cm³/mol. The van der Waals surface area contributed by atoms with Gasteiger partial charge in [-0.2, -0.15) is 0 Å². The van der Waals surface area contributed by atoms with Gasteiger partial charge in [0, 0.05) is 35.2 Å². The molecule has 24 heavy (non-hydrogen) atoms. The van der Waals surface area contributed by atoms with Gasteiger partial charge in [-0.25, -0.2) is 0 Å². The van der Waals surface area contributed by atoms with Crippen molar-refractivity contribution in [1.82, 2.24) is 10.2 Å². The van der Waals surface area contributed by atoms with Gasteiger partial charge in [-0.3, -0.25) is 9.59 Å². The normalized spacial score (nSPS) is 16.8. The molecule has 1 atom stereocenters. The molecule has 0 radical (unpaired) electrons. The lowest BCUT2D eigenvalue weighted by Gasteiger charge is -2.24. The molecular weight excluding hydrogens is 368 g/mol. The number of benzene rings is 2. The number of amides is 1. The van der Waals surface area contributed by atoms with Gasteiger partial charge in [-0.15, -0.1) is 0 Å². The quantitative estimate of drug-likeness (QED) is 0.821. The van der Waals surface area contributed by atoms with Crippen LogP contribution in [0, 0.1) is 0 Å². The monoisotopic (exact) mass is 386 g/mol. The minimum atomic E-state index is -0.135. The Morgan fingerprint density at radius 1 is 1.08 bits per heavy atom. The number of nitrogens with zero attached hydrogens (tertiary/aromatic N) is 1. The Hall–Kier alpha value is -1.98. The third-order valence-corrected chi connectivity index (χ3v) is 4.94. The van der Waals surface area contributed by atoms with E-state index in [1.54, 1.807) is 48.3 Å². The fourth-order valence-electron chi connectivity index (χ4n) is 2.95. The molecule has 1 aliphatic rings. The molecule has 1 unspecified atom stereocenters. The second-order valence-corrected chi connectivity index (χ2v) is 6.86. The number of rotatable bonds is 4. The van der Waals surface area contributed by atoms with Crippen molar-refractivity contribution in [1.29, 1.82) is 0 Å². The molecule has 2 aromatic carbocycles. The molecule has 1 N–H and O–H groups in total. The summed E-state index contributed by atoms with van der Waals surface area (Å²) in [6.07, 6.45) is 0.936. The Kier molecular flexibility index (Phi) is 5.11. The molecule has 0 aromatic heterocycles. The van der Waals surface area contributed by atoms with Gasteiger partial charge in [0.25, 0.3) is 5.91 Å². The number of halogens is 1. The number of hydrogen-bond donors (Lipinski definition) is 1. The Labute approximate surface area is 150 Å². The van der Waals surface area contributed by atoms with Gasteiger partial charge in [0.2, 0.25) is 0 Å². The van der Waals surface area contributed by atoms with Crippen LogP contribution in [0.3, 0.4) is 0 Å². The van der Waals surface area contributed by atoms with Crippen LogP contribution >= 0.6 is 15.9 Å². The maximum Gasteiger partial charge on any atom is 0.254 e. The SMILES string of the molecule is CN(C(=O)c1ccccc1C(=O)c1ccc(Br)cc1)C1CCNC1. The first-order valence-corrected chi connectivity index (χ1v) is 8.74. The molecule has 5 heteroatoms. The van der Waals surface area contributed by atoms with Crippen molar-refractivity contribution in [2.24, 2.45) is 0 Å². The van der Waals surface area contributed by atoms with Gasteiger partial charge >= 0.3 is 0 Å². The molecule has 0 saturated carbocycles. The third-order valence-electron chi connectivity index (χ3n) is 4.41. The highest BCUT2D eigenvalue weighted by atomic mass is 79.9. The third kappa shape index (κ3) is 3.42. The van der Waals surface area contributed by atoms with Crippen LogP contribution in [-0.2, 0) is 0 Å². The second-order valence-electron chi connectivity index (χ2n) is 5.94. The lowest BCUT2D eigenvalue weighted by Crippen LogP contribution is -2.39. The van der Waals surface area contributed by atoms with Crippen LogP contribution in [0.4, 0.5) is 0 Å². The van der Waals surface area contributed by atoms with Gasteiger partial charge in [-0.1, -0.05) is 34.1 Å². The van der Waals surface area contributed by atoms with E-state index in [4.69, 9.17) is 0 Å². The molecule has 0 aliphatic carbocycles. The van der Waals surface area contributed by atoms with Crippen molar-refractivity contribution in [3.63, 3.8) is 0 Å². The molecule has 0 bridgehead atoms. The number of nitrogens with one attached hydrogen (secondary N) is 1. The maximum atomic E-state index is 12.9. The summed E-state index contributed by atoms with van der Waals surface area (Å²) in [5.41, 5.74) is 1.48. The van der Waals surface area contributed by atoms with Gasteiger partial charge in [0.05, 0.1) is 5.56 Å². The Morgan fingerprint density at radius 3 is 2.38 bits per heavy atom. The summed E-state index contributed by atoms with van der Waals surface area (Å²) in [5.74, 6) is -0.242. The fourth-order valence-corrected chi connectivity index (χ4v) is 3.21. The zero-order chi connectivity index (χ0) is 17.1. The summed E-state index contributed by atoms with van der Waals surface area (Å²) in [6.45, 7) is 1.72. The molecule has 124 valence electrons. The Balaban J connectivity index is 1.91. The first-order valence-electron chi connectivity index (χ1n) is 7.95. The van der Waals surface area contributed by atoms with E-state index in [9.17, 15) is 9.59 Å². The van der Waals surface area contributed by atoms with Crippen molar-refractivity contribution in [2.45, 2.75) is 12.5 Å². The molecule has 0 spiro atoms. The van der Waals surface area contributed by atoms with Crippen LogP contribution in [-0.4, -0.2) is 42.8 Å². The number of hydrogen-bond acceptors (Lipinski definition) is 3. The predicted octanol–water partition coefficient (Wildman–Crippen LogP) is 3.11. The molecule has 4 nitrogen and oxygen atoms in total. The van der Waals surface area contributed by atoms with E-state index in [0.717, 1.165) is 24.0 Å². The van der Waals surface area contributed by atoms with Crippen LogP contribution < -0.4 is 5.32 Å². The van der Waals surface area contributed by atoms with E-state index >= 15 is 0 Å². The molecule has 1 saturated heterocycles. The average Bonchev–Trinajstić information content (AvgIpc) is 3.15. The number of ketones is 1. The molecular formula is C19H19BrN2O2. The van der Waals surface area contributed by atoms with E-state index in [-0.39, 0.29) is 17.7 Å². The summed E-state index contributed by atoms with van der Waals surface area (Å²) >= 11 is 3.37. The smallest absolute Gasteiger partial charge is 0.254 e. The first kappa shape index (κ1) is 16.9. The van der Waals surface area contributed by atoms with Crippen LogP contribution in [0.5, 0.6) is 0 Å². The topological polar surface area (TPSA) is 49.4 Å². The van der Waals surface area contributed by atoms with Crippen molar-refractivity contribution < 1.29 is 9.59 Å². The van der Waals surface area contributed by atoms with Gasteiger partial charge in [-0.05, 0) is 43.3 Å². The van der Waals surface area contributed by atoms with Gasteiger partial charge in [0.15, 0.2) is 5.78 Å². The van der Waals surface area contributed by atoms with Crippen LogP contribution in [0.25, 0.3) is 0 Å². The molecule has 2 aromatic rings. The summed E-state index contributed by atoms with van der Waals surface area (Å²) < 4.78 is 0.914. The zero-order valence-corrected chi connectivity index (χ0v) is 15.0. The van der Waals surface area contributed by atoms with E-state index in [0.29, 0.717) is 16.7 Å². The maximum absolute atomic E-state index is 12.9. The van der Waals surface area contributed by atoms with Crippen LogP contribution in [0.2, 0.25) is 0 Å². The molecule has 1 amide bonds. The molecule has 1 heterocycles. The summed E-state index contributed by atoms with van der Waals surface area (Å²) in [4.78, 5) is 27.5. The minimum Gasteiger partial charge on any atom is -0.337 e. The van der Waals surface area contributed by atoms with Gasteiger partial charge < -0.3 is 10.2 Å². The van der Waals surface area contributed by atoms with E-state index in [1.807, 2.05) is 12.1 Å². The molecule has 3 rings (SSSR count). The summed E-state index contributed by atoms with van der Waals surface area (Å²) in [7, 11) is 1.81. The van der Waals surface area contributed by atoms with Crippen molar-refractivity contribution in [2.75, 3.05) is 20.1 Å². The minimum absolute atomic E-state index is 0.107. The number of carbonyl (C=O) groups is 2. The highest BCUT2D eigenvalue weighted by molar-refractivity contribution is 9.10. The van der Waals surface area contributed by atoms with Crippen molar-refractivity contribution in [3.05, 3.63) is 69.7 Å². The van der Waals surface area contributed by atoms with Gasteiger partial charge in [0.1, 0.15) is 0 Å². The first-order chi connectivity index (χ1) is 11.6.